The Morgan fingerprint density at radius 2 is 1.74 bits per heavy atom. The SMILES string of the molecule is CN=C(NCCC(C)N(C)Cc1ccccc1)NCc1coc(-c2ccccc2)n1.I. The minimum Gasteiger partial charge on any atom is -0.444 e. The van der Waals surface area contributed by atoms with Gasteiger partial charge in [0.2, 0.25) is 5.89 Å². The summed E-state index contributed by atoms with van der Waals surface area (Å²) in [5.74, 6) is 1.39. The normalized spacial score (nSPS) is 12.3. The molecule has 0 saturated carbocycles. The van der Waals surface area contributed by atoms with Crippen molar-refractivity contribution >= 4 is 29.9 Å². The number of hydrogen-bond acceptors (Lipinski definition) is 4. The summed E-state index contributed by atoms with van der Waals surface area (Å²) in [5, 5.41) is 6.68. The van der Waals surface area contributed by atoms with Crippen molar-refractivity contribution in [1.29, 1.82) is 0 Å². The lowest BCUT2D eigenvalue weighted by molar-refractivity contribution is 0.238. The third-order valence-corrected chi connectivity index (χ3v) is 5.11. The van der Waals surface area contributed by atoms with Gasteiger partial charge in [-0.3, -0.25) is 9.89 Å². The maximum atomic E-state index is 5.59. The van der Waals surface area contributed by atoms with Crippen molar-refractivity contribution in [1.82, 2.24) is 20.5 Å². The van der Waals surface area contributed by atoms with E-state index in [2.05, 4.69) is 69.8 Å². The fourth-order valence-corrected chi connectivity index (χ4v) is 3.14. The number of rotatable bonds is 9. The van der Waals surface area contributed by atoms with Gasteiger partial charge in [0, 0.05) is 31.7 Å². The molecule has 166 valence electrons. The van der Waals surface area contributed by atoms with Crippen LogP contribution in [0.5, 0.6) is 0 Å². The summed E-state index contributed by atoms with van der Waals surface area (Å²) >= 11 is 0. The van der Waals surface area contributed by atoms with Crippen molar-refractivity contribution < 1.29 is 4.42 Å². The highest BCUT2D eigenvalue weighted by molar-refractivity contribution is 14.0. The Hall–Kier alpha value is -2.39. The number of nitrogens with one attached hydrogen (secondary N) is 2. The van der Waals surface area contributed by atoms with Crippen LogP contribution in [0.25, 0.3) is 11.5 Å². The zero-order valence-electron chi connectivity index (χ0n) is 18.4. The number of aliphatic imine (C=N–C) groups is 1. The molecule has 1 atom stereocenters. The fraction of sp³-hybridized carbons (Fsp3) is 0.333. The Balaban J connectivity index is 0.00000341. The maximum Gasteiger partial charge on any atom is 0.226 e. The molecule has 0 aliphatic carbocycles. The van der Waals surface area contributed by atoms with Crippen LogP contribution < -0.4 is 10.6 Å². The number of oxazole rings is 1. The average molecular weight is 533 g/mol. The highest BCUT2D eigenvalue weighted by Gasteiger charge is 2.10. The van der Waals surface area contributed by atoms with Gasteiger partial charge in [-0.2, -0.15) is 0 Å². The van der Waals surface area contributed by atoms with Crippen LogP contribution in [0.4, 0.5) is 0 Å². The number of nitrogens with zero attached hydrogens (tertiary/aromatic N) is 3. The molecule has 0 saturated heterocycles. The average Bonchev–Trinajstić information content (AvgIpc) is 3.26. The molecule has 2 aromatic carbocycles. The monoisotopic (exact) mass is 533 g/mol. The summed E-state index contributed by atoms with van der Waals surface area (Å²) in [6.07, 6.45) is 2.70. The predicted octanol–water partition coefficient (Wildman–Crippen LogP) is 4.54. The second-order valence-corrected chi connectivity index (χ2v) is 7.40. The van der Waals surface area contributed by atoms with Gasteiger partial charge < -0.3 is 15.1 Å². The first kappa shape index (κ1) is 24.9. The Bertz CT molecular complexity index is 914. The first-order valence-corrected chi connectivity index (χ1v) is 10.3. The molecule has 7 heteroatoms. The summed E-state index contributed by atoms with van der Waals surface area (Å²) in [4.78, 5) is 11.2. The molecule has 0 fully saturated rings. The van der Waals surface area contributed by atoms with Gasteiger partial charge in [0.05, 0.1) is 12.2 Å². The van der Waals surface area contributed by atoms with Crippen LogP contribution in [0.15, 0.2) is 76.3 Å². The van der Waals surface area contributed by atoms with Crippen molar-refractivity contribution in [3.05, 3.63) is 78.2 Å². The second kappa shape index (κ2) is 13.1. The van der Waals surface area contributed by atoms with Crippen molar-refractivity contribution in [2.45, 2.75) is 32.5 Å². The standard InChI is InChI=1S/C24H31N5O.HI/c1-19(29(3)17-20-10-6-4-7-11-20)14-15-26-24(25-2)27-16-22-18-30-23(28-22)21-12-8-5-9-13-21;/h4-13,18-19H,14-17H2,1-3H3,(H2,25,26,27);1H. The molecule has 1 unspecified atom stereocenters. The van der Waals surface area contributed by atoms with Crippen molar-refractivity contribution in [2.24, 2.45) is 4.99 Å². The minimum absolute atomic E-state index is 0. The van der Waals surface area contributed by atoms with E-state index in [1.54, 1.807) is 13.3 Å². The van der Waals surface area contributed by atoms with E-state index in [0.29, 0.717) is 18.5 Å². The van der Waals surface area contributed by atoms with Crippen LogP contribution in [0.3, 0.4) is 0 Å². The van der Waals surface area contributed by atoms with E-state index < -0.39 is 0 Å². The molecule has 3 rings (SSSR count). The van der Waals surface area contributed by atoms with Crippen LogP contribution in [-0.2, 0) is 13.1 Å². The van der Waals surface area contributed by atoms with Crippen LogP contribution in [0, 0.1) is 0 Å². The molecule has 0 spiro atoms. The minimum atomic E-state index is 0. The zero-order valence-corrected chi connectivity index (χ0v) is 20.7. The molecule has 0 radical (unpaired) electrons. The van der Waals surface area contributed by atoms with Crippen molar-refractivity contribution in [3.63, 3.8) is 0 Å². The van der Waals surface area contributed by atoms with E-state index in [4.69, 9.17) is 4.42 Å². The number of guanidine groups is 1. The van der Waals surface area contributed by atoms with E-state index in [0.717, 1.165) is 36.7 Å². The van der Waals surface area contributed by atoms with Gasteiger partial charge in [-0.1, -0.05) is 48.5 Å². The Morgan fingerprint density at radius 1 is 1.06 bits per heavy atom. The lowest BCUT2D eigenvalue weighted by Gasteiger charge is -2.25. The summed E-state index contributed by atoms with van der Waals surface area (Å²) < 4.78 is 5.59. The van der Waals surface area contributed by atoms with Gasteiger partial charge in [-0.05, 0) is 38.1 Å². The van der Waals surface area contributed by atoms with E-state index >= 15 is 0 Å². The quantitative estimate of drug-likeness (QED) is 0.240. The summed E-state index contributed by atoms with van der Waals surface area (Å²) in [6.45, 7) is 4.60. The van der Waals surface area contributed by atoms with Crippen LogP contribution in [0.2, 0.25) is 0 Å². The molecule has 1 aromatic heterocycles. The Kier molecular flexibility index (Phi) is 10.5. The second-order valence-electron chi connectivity index (χ2n) is 7.40. The summed E-state index contributed by atoms with van der Waals surface area (Å²) in [6, 6.07) is 20.9. The maximum absolute atomic E-state index is 5.59. The lowest BCUT2D eigenvalue weighted by Crippen LogP contribution is -2.39. The smallest absolute Gasteiger partial charge is 0.226 e. The fourth-order valence-electron chi connectivity index (χ4n) is 3.14. The molecule has 1 heterocycles. The highest BCUT2D eigenvalue weighted by Crippen LogP contribution is 2.17. The molecular formula is C24H32IN5O. The van der Waals surface area contributed by atoms with Gasteiger partial charge in [-0.15, -0.1) is 24.0 Å². The van der Waals surface area contributed by atoms with Gasteiger partial charge >= 0.3 is 0 Å². The Morgan fingerprint density at radius 3 is 2.42 bits per heavy atom. The van der Waals surface area contributed by atoms with Crippen molar-refractivity contribution in [2.75, 3.05) is 20.6 Å². The van der Waals surface area contributed by atoms with E-state index in [1.165, 1.54) is 5.56 Å². The third kappa shape index (κ3) is 7.99. The predicted molar refractivity (Wildman–Crippen MR) is 138 cm³/mol. The number of benzene rings is 2. The van der Waals surface area contributed by atoms with Gasteiger partial charge in [0.1, 0.15) is 6.26 Å². The summed E-state index contributed by atoms with van der Waals surface area (Å²) in [7, 11) is 3.94. The van der Waals surface area contributed by atoms with Crippen LogP contribution in [0.1, 0.15) is 24.6 Å². The van der Waals surface area contributed by atoms with Gasteiger partial charge in [-0.25, -0.2) is 4.98 Å². The first-order chi connectivity index (χ1) is 14.7. The van der Waals surface area contributed by atoms with Crippen molar-refractivity contribution in [3.8, 4) is 11.5 Å². The first-order valence-electron chi connectivity index (χ1n) is 10.3. The lowest BCUT2D eigenvalue weighted by atomic mass is 10.1. The van der Waals surface area contributed by atoms with E-state index in [-0.39, 0.29) is 24.0 Å². The zero-order chi connectivity index (χ0) is 21.2. The molecular weight excluding hydrogens is 501 g/mol. The van der Waals surface area contributed by atoms with E-state index in [1.807, 2.05) is 30.3 Å². The Labute approximate surface area is 202 Å². The number of aromatic nitrogens is 1. The molecule has 2 N–H and O–H groups in total. The molecule has 0 aliphatic heterocycles. The molecule has 3 aromatic rings. The topological polar surface area (TPSA) is 65.7 Å². The molecule has 0 aliphatic rings. The third-order valence-electron chi connectivity index (χ3n) is 5.11. The van der Waals surface area contributed by atoms with E-state index in [9.17, 15) is 0 Å². The number of hydrogen-bond donors (Lipinski definition) is 2. The largest absolute Gasteiger partial charge is 0.444 e. The molecule has 0 bridgehead atoms. The molecule has 6 nitrogen and oxygen atoms in total. The number of halogens is 1. The highest BCUT2D eigenvalue weighted by atomic mass is 127. The molecule has 31 heavy (non-hydrogen) atoms. The van der Waals surface area contributed by atoms with Crippen LogP contribution >= 0.6 is 24.0 Å². The van der Waals surface area contributed by atoms with Crippen LogP contribution in [-0.4, -0.2) is 42.5 Å². The van der Waals surface area contributed by atoms with Gasteiger partial charge in [0.25, 0.3) is 0 Å². The van der Waals surface area contributed by atoms with Gasteiger partial charge in [0.15, 0.2) is 5.96 Å². The summed E-state index contributed by atoms with van der Waals surface area (Å²) in [5.41, 5.74) is 3.15. The molecule has 0 amide bonds.